The lowest BCUT2D eigenvalue weighted by Crippen LogP contribution is -2.27. The van der Waals surface area contributed by atoms with Crippen LogP contribution in [0.1, 0.15) is 18.7 Å². The van der Waals surface area contributed by atoms with Crippen LogP contribution in [0.5, 0.6) is 0 Å². The maximum atomic E-state index is 13.7. The van der Waals surface area contributed by atoms with E-state index in [1.165, 1.54) is 6.92 Å². The van der Waals surface area contributed by atoms with E-state index in [4.69, 9.17) is 4.42 Å². The molecular formula is C16H12F3NO3S. The Morgan fingerprint density at radius 3 is 2.46 bits per heavy atom. The fourth-order valence-electron chi connectivity index (χ4n) is 2.29. The van der Waals surface area contributed by atoms with Crippen molar-refractivity contribution in [2.45, 2.75) is 17.9 Å². The maximum absolute atomic E-state index is 13.7. The first-order valence-electron chi connectivity index (χ1n) is 6.94. The molecule has 1 heterocycles. The topological polar surface area (TPSA) is 59.3 Å². The highest BCUT2D eigenvalue weighted by atomic mass is 32.2. The van der Waals surface area contributed by atoms with E-state index in [9.17, 15) is 21.6 Å². The monoisotopic (exact) mass is 355 g/mol. The fraction of sp³-hybridized carbons (Fsp3) is 0.125. The van der Waals surface area contributed by atoms with Crippen LogP contribution in [0.15, 0.2) is 51.8 Å². The molecule has 0 aliphatic heterocycles. The molecule has 0 aliphatic rings. The van der Waals surface area contributed by atoms with Crippen molar-refractivity contribution in [1.29, 1.82) is 0 Å². The minimum atomic E-state index is -4.41. The summed E-state index contributed by atoms with van der Waals surface area (Å²) in [7, 11) is -4.41. The van der Waals surface area contributed by atoms with Crippen molar-refractivity contribution >= 4 is 21.0 Å². The Balaban J connectivity index is 1.93. The number of benzene rings is 2. The second-order valence-corrected chi connectivity index (χ2v) is 6.89. The molecule has 1 aromatic heterocycles. The van der Waals surface area contributed by atoms with E-state index in [0.717, 1.165) is 5.39 Å². The summed E-state index contributed by atoms with van der Waals surface area (Å²) in [5.74, 6) is -4.76. The summed E-state index contributed by atoms with van der Waals surface area (Å²) < 4.78 is 72.1. The van der Waals surface area contributed by atoms with Gasteiger partial charge in [-0.05, 0) is 31.2 Å². The molecule has 0 amide bonds. The van der Waals surface area contributed by atoms with Crippen molar-refractivity contribution in [3.05, 3.63) is 65.7 Å². The summed E-state index contributed by atoms with van der Waals surface area (Å²) in [5, 5.41) is 0.776. The van der Waals surface area contributed by atoms with Crippen LogP contribution < -0.4 is 4.72 Å². The van der Waals surface area contributed by atoms with Crippen LogP contribution >= 0.6 is 0 Å². The molecule has 3 aromatic rings. The Kier molecular flexibility index (Phi) is 4.10. The molecule has 2 aromatic carbocycles. The molecular weight excluding hydrogens is 343 g/mol. The second kappa shape index (κ2) is 5.95. The Labute approximate surface area is 136 Å². The predicted octanol–water partition coefficient (Wildman–Crippen LogP) is 3.89. The molecule has 0 saturated heterocycles. The van der Waals surface area contributed by atoms with Crippen LogP contribution in [0, 0.1) is 17.5 Å². The van der Waals surface area contributed by atoms with Crippen LogP contribution in [0.2, 0.25) is 0 Å². The Bertz CT molecular complexity index is 982. The van der Waals surface area contributed by atoms with Crippen LogP contribution in [0.25, 0.3) is 11.0 Å². The quantitative estimate of drug-likeness (QED) is 0.723. The molecule has 3 rings (SSSR count). The van der Waals surface area contributed by atoms with Crippen molar-refractivity contribution in [3.8, 4) is 0 Å². The van der Waals surface area contributed by atoms with E-state index in [2.05, 4.69) is 4.72 Å². The molecule has 24 heavy (non-hydrogen) atoms. The van der Waals surface area contributed by atoms with Crippen LogP contribution in [0.4, 0.5) is 13.2 Å². The smallest absolute Gasteiger partial charge is 0.244 e. The van der Waals surface area contributed by atoms with E-state index < -0.39 is 38.4 Å². The average molecular weight is 355 g/mol. The SMILES string of the molecule is C[C@@H](NS(=O)(=O)c1ccc(F)c(F)c1F)c1cc2ccccc2o1. The van der Waals surface area contributed by atoms with Gasteiger partial charge in [-0.2, -0.15) is 0 Å². The zero-order chi connectivity index (χ0) is 17.5. The number of fused-ring (bicyclic) bond motifs is 1. The van der Waals surface area contributed by atoms with Gasteiger partial charge in [-0.15, -0.1) is 0 Å². The number of para-hydroxylation sites is 1. The Morgan fingerprint density at radius 1 is 1.04 bits per heavy atom. The largest absolute Gasteiger partial charge is 0.459 e. The van der Waals surface area contributed by atoms with Gasteiger partial charge in [0.2, 0.25) is 10.0 Å². The third-order valence-corrected chi connectivity index (χ3v) is 5.05. The molecule has 0 bridgehead atoms. The molecule has 0 unspecified atom stereocenters. The van der Waals surface area contributed by atoms with E-state index in [-0.39, 0.29) is 0 Å². The summed E-state index contributed by atoms with van der Waals surface area (Å²) in [5.41, 5.74) is 0.567. The Morgan fingerprint density at radius 2 is 1.75 bits per heavy atom. The lowest BCUT2D eigenvalue weighted by atomic mass is 10.2. The van der Waals surface area contributed by atoms with Gasteiger partial charge < -0.3 is 4.42 Å². The number of nitrogens with one attached hydrogen (secondary N) is 1. The van der Waals surface area contributed by atoms with Crippen molar-refractivity contribution in [2.75, 3.05) is 0 Å². The van der Waals surface area contributed by atoms with Crippen molar-refractivity contribution in [1.82, 2.24) is 4.72 Å². The normalized spacial score (nSPS) is 13.3. The summed E-state index contributed by atoms with van der Waals surface area (Å²) in [6.45, 7) is 1.49. The second-order valence-electron chi connectivity index (χ2n) is 5.20. The van der Waals surface area contributed by atoms with Crippen LogP contribution in [0.3, 0.4) is 0 Å². The van der Waals surface area contributed by atoms with Crippen molar-refractivity contribution in [2.24, 2.45) is 0 Å². The minimum absolute atomic E-state index is 0.308. The van der Waals surface area contributed by atoms with Gasteiger partial charge in [0.15, 0.2) is 17.5 Å². The standard InChI is InChI=1S/C16H12F3NO3S/c1-9(13-8-10-4-2-3-5-12(10)23-13)20-24(21,22)14-7-6-11(17)15(18)16(14)19/h2-9,20H,1H3/t9-/m1/s1. The molecule has 1 atom stereocenters. The van der Waals surface area contributed by atoms with Gasteiger partial charge >= 0.3 is 0 Å². The number of halogens is 3. The molecule has 0 saturated carbocycles. The predicted molar refractivity (Wildman–Crippen MR) is 81.3 cm³/mol. The molecule has 4 nitrogen and oxygen atoms in total. The number of furan rings is 1. The molecule has 0 spiro atoms. The first-order chi connectivity index (χ1) is 11.3. The van der Waals surface area contributed by atoms with Gasteiger partial charge in [0.05, 0.1) is 6.04 Å². The molecule has 0 radical (unpaired) electrons. The third-order valence-electron chi connectivity index (χ3n) is 3.49. The van der Waals surface area contributed by atoms with Gasteiger partial charge in [0.25, 0.3) is 0 Å². The minimum Gasteiger partial charge on any atom is -0.459 e. The summed E-state index contributed by atoms with van der Waals surface area (Å²) in [6, 6.07) is 9.10. The summed E-state index contributed by atoms with van der Waals surface area (Å²) >= 11 is 0. The zero-order valence-electron chi connectivity index (χ0n) is 12.4. The number of hydrogen-bond acceptors (Lipinski definition) is 3. The molecule has 8 heteroatoms. The lowest BCUT2D eigenvalue weighted by Gasteiger charge is -2.13. The highest BCUT2D eigenvalue weighted by molar-refractivity contribution is 7.89. The van der Waals surface area contributed by atoms with E-state index in [1.54, 1.807) is 30.3 Å². The average Bonchev–Trinajstić information content (AvgIpc) is 2.96. The van der Waals surface area contributed by atoms with Gasteiger partial charge in [0, 0.05) is 5.39 Å². The molecule has 1 N–H and O–H groups in total. The van der Waals surface area contributed by atoms with Crippen molar-refractivity contribution in [3.63, 3.8) is 0 Å². The van der Waals surface area contributed by atoms with Crippen LogP contribution in [-0.4, -0.2) is 8.42 Å². The van der Waals surface area contributed by atoms with Crippen molar-refractivity contribution < 1.29 is 26.0 Å². The fourth-order valence-corrected chi connectivity index (χ4v) is 3.57. The molecule has 0 fully saturated rings. The third kappa shape index (κ3) is 2.90. The Hall–Kier alpha value is -2.32. The first kappa shape index (κ1) is 16.5. The number of hydrogen-bond donors (Lipinski definition) is 1. The van der Waals surface area contributed by atoms with Gasteiger partial charge in [-0.25, -0.2) is 26.3 Å². The highest BCUT2D eigenvalue weighted by Gasteiger charge is 2.26. The highest BCUT2D eigenvalue weighted by Crippen LogP contribution is 2.26. The van der Waals surface area contributed by atoms with Gasteiger partial charge in [0.1, 0.15) is 16.2 Å². The summed E-state index contributed by atoms with van der Waals surface area (Å²) in [6.07, 6.45) is 0. The van der Waals surface area contributed by atoms with Crippen LogP contribution in [-0.2, 0) is 10.0 Å². The van der Waals surface area contributed by atoms with E-state index >= 15 is 0 Å². The first-order valence-corrected chi connectivity index (χ1v) is 8.42. The molecule has 0 aliphatic carbocycles. The van der Waals surface area contributed by atoms with Gasteiger partial charge in [-0.1, -0.05) is 18.2 Å². The number of rotatable bonds is 4. The lowest BCUT2D eigenvalue weighted by molar-refractivity contribution is 0.430. The molecule has 126 valence electrons. The van der Waals surface area contributed by atoms with E-state index in [1.807, 2.05) is 0 Å². The van der Waals surface area contributed by atoms with E-state index in [0.29, 0.717) is 23.5 Å². The number of sulfonamides is 1. The zero-order valence-corrected chi connectivity index (χ0v) is 13.2. The maximum Gasteiger partial charge on any atom is 0.244 e. The van der Waals surface area contributed by atoms with Gasteiger partial charge in [-0.3, -0.25) is 0 Å². The summed E-state index contributed by atoms with van der Waals surface area (Å²) in [4.78, 5) is -0.968.